The third-order valence-corrected chi connectivity index (χ3v) is 3.78. The lowest BCUT2D eigenvalue weighted by Gasteiger charge is -2.42. The van der Waals surface area contributed by atoms with E-state index in [2.05, 4.69) is 0 Å². The van der Waals surface area contributed by atoms with Gasteiger partial charge in [0.1, 0.15) is 6.04 Å². The summed E-state index contributed by atoms with van der Waals surface area (Å²) in [5.41, 5.74) is 5.27. The molecular formula is C11H18F3N3O. The van der Waals surface area contributed by atoms with Crippen LogP contribution in [0.2, 0.25) is 0 Å². The van der Waals surface area contributed by atoms with Crippen LogP contribution in [-0.2, 0) is 4.79 Å². The first-order valence-corrected chi connectivity index (χ1v) is 6.23. The van der Waals surface area contributed by atoms with Crippen molar-refractivity contribution in [2.75, 3.05) is 26.2 Å². The first kappa shape index (κ1) is 13.6. The summed E-state index contributed by atoms with van der Waals surface area (Å²) in [5.74, 6) is 0.0713. The van der Waals surface area contributed by atoms with E-state index in [1.165, 1.54) is 4.90 Å². The Balaban J connectivity index is 2.03. The number of nitrogens with zero attached hydrogens (tertiary/aromatic N) is 2. The molecule has 18 heavy (non-hydrogen) atoms. The second-order valence-electron chi connectivity index (χ2n) is 4.91. The van der Waals surface area contributed by atoms with Crippen LogP contribution in [0, 0.1) is 0 Å². The number of carbonyl (C=O) groups excluding carboxylic acids is 1. The lowest BCUT2D eigenvalue weighted by atomic mass is 10.1. The summed E-state index contributed by atoms with van der Waals surface area (Å²) in [6, 6.07) is -1.52. The van der Waals surface area contributed by atoms with E-state index in [-0.39, 0.29) is 31.5 Å². The van der Waals surface area contributed by atoms with Crippen LogP contribution in [0.4, 0.5) is 13.2 Å². The molecule has 2 saturated heterocycles. The molecular weight excluding hydrogens is 247 g/mol. The normalized spacial score (nSPS) is 27.4. The SMILES string of the molecule is NCCC(N1CCN2C(=O)CCC2C1)C(F)(F)F. The van der Waals surface area contributed by atoms with Crippen LogP contribution >= 0.6 is 0 Å². The van der Waals surface area contributed by atoms with Crippen molar-refractivity contribution in [3.05, 3.63) is 0 Å². The Bertz CT molecular complexity index is 321. The predicted octanol–water partition coefficient (Wildman–Crippen LogP) is 0.573. The topological polar surface area (TPSA) is 49.6 Å². The average Bonchev–Trinajstić information content (AvgIpc) is 2.66. The van der Waals surface area contributed by atoms with Crippen LogP contribution in [-0.4, -0.2) is 60.1 Å². The summed E-state index contributed by atoms with van der Waals surface area (Å²) < 4.78 is 38.8. The molecule has 2 rings (SSSR count). The number of carbonyl (C=O) groups is 1. The van der Waals surface area contributed by atoms with Crippen molar-refractivity contribution in [2.45, 2.75) is 37.5 Å². The molecule has 0 aromatic heterocycles. The maximum Gasteiger partial charge on any atom is 0.404 e. The van der Waals surface area contributed by atoms with Crippen molar-refractivity contribution in [3.63, 3.8) is 0 Å². The summed E-state index contributed by atoms with van der Waals surface area (Å²) in [6.45, 7) is 1.02. The molecule has 0 bridgehead atoms. The monoisotopic (exact) mass is 265 g/mol. The van der Waals surface area contributed by atoms with Crippen LogP contribution in [0.25, 0.3) is 0 Å². The third kappa shape index (κ3) is 2.61. The molecule has 2 fully saturated rings. The van der Waals surface area contributed by atoms with Crippen molar-refractivity contribution >= 4 is 5.91 Å². The van der Waals surface area contributed by atoms with E-state index in [1.54, 1.807) is 4.90 Å². The van der Waals surface area contributed by atoms with Gasteiger partial charge in [-0.3, -0.25) is 9.69 Å². The minimum Gasteiger partial charge on any atom is -0.337 e. The number of halogens is 3. The molecule has 0 aromatic rings. The van der Waals surface area contributed by atoms with Gasteiger partial charge in [0, 0.05) is 32.1 Å². The van der Waals surface area contributed by atoms with E-state index in [0.717, 1.165) is 0 Å². The number of rotatable bonds is 3. The number of alkyl halides is 3. The lowest BCUT2D eigenvalue weighted by molar-refractivity contribution is -0.190. The molecule has 2 N–H and O–H groups in total. The number of nitrogens with two attached hydrogens (primary N) is 1. The van der Waals surface area contributed by atoms with Gasteiger partial charge >= 0.3 is 6.18 Å². The molecule has 2 unspecified atom stereocenters. The zero-order chi connectivity index (χ0) is 13.3. The molecule has 2 aliphatic rings. The minimum absolute atomic E-state index is 0.0218. The smallest absolute Gasteiger partial charge is 0.337 e. The minimum atomic E-state index is -4.25. The summed E-state index contributed by atoms with van der Waals surface area (Å²) in [4.78, 5) is 14.6. The highest BCUT2D eigenvalue weighted by molar-refractivity contribution is 5.78. The summed E-state index contributed by atoms with van der Waals surface area (Å²) in [6.07, 6.45) is -3.19. The van der Waals surface area contributed by atoms with Crippen molar-refractivity contribution < 1.29 is 18.0 Å². The summed E-state index contributed by atoms with van der Waals surface area (Å²) in [7, 11) is 0. The molecule has 1 amide bonds. The number of hydrogen-bond acceptors (Lipinski definition) is 3. The van der Waals surface area contributed by atoms with Gasteiger partial charge in [0.25, 0.3) is 0 Å². The van der Waals surface area contributed by atoms with Crippen molar-refractivity contribution in [2.24, 2.45) is 5.73 Å². The van der Waals surface area contributed by atoms with E-state index in [4.69, 9.17) is 5.73 Å². The van der Waals surface area contributed by atoms with Crippen LogP contribution in [0.1, 0.15) is 19.3 Å². The average molecular weight is 265 g/mol. The van der Waals surface area contributed by atoms with Gasteiger partial charge in [-0.2, -0.15) is 13.2 Å². The van der Waals surface area contributed by atoms with Crippen molar-refractivity contribution in [3.8, 4) is 0 Å². The Labute approximate surface area is 104 Å². The Morgan fingerprint density at radius 3 is 2.72 bits per heavy atom. The summed E-state index contributed by atoms with van der Waals surface area (Å²) >= 11 is 0. The molecule has 2 heterocycles. The molecule has 0 saturated carbocycles. The number of amides is 1. The van der Waals surface area contributed by atoms with Gasteiger partial charge in [0.05, 0.1) is 0 Å². The Kier molecular flexibility index (Phi) is 3.82. The number of fused-ring (bicyclic) bond motifs is 1. The van der Waals surface area contributed by atoms with Crippen molar-refractivity contribution in [1.29, 1.82) is 0 Å². The molecule has 2 aliphatic heterocycles. The van der Waals surface area contributed by atoms with Gasteiger partial charge in [0.2, 0.25) is 5.91 Å². The second kappa shape index (κ2) is 5.05. The quantitative estimate of drug-likeness (QED) is 0.811. The maximum absolute atomic E-state index is 12.9. The molecule has 0 aliphatic carbocycles. The Hall–Kier alpha value is -0.820. The molecule has 0 radical (unpaired) electrons. The Morgan fingerprint density at radius 2 is 2.11 bits per heavy atom. The molecule has 7 heteroatoms. The zero-order valence-electron chi connectivity index (χ0n) is 10.1. The largest absolute Gasteiger partial charge is 0.404 e. The van der Waals surface area contributed by atoms with E-state index in [1.807, 2.05) is 0 Å². The van der Waals surface area contributed by atoms with Gasteiger partial charge < -0.3 is 10.6 Å². The predicted molar refractivity (Wildman–Crippen MR) is 59.8 cm³/mol. The molecule has 2 atom stereocenters. The van der Waals surface area contributed by atoms with Crippen LogP contribution in [0.5, 0.6) is 0 Å². The van der Waals surface area contributed by atoms with Gasteiger partial charge in [-0.05, 0) is 19.4 Å². The fourth-order valence-electron chi connectivity index (χ4n) is 2.88. The van der Waals surface area contributed by atoms with E-state index < -0.39 is 12.2 Å². The maximum atomic E-state index is 12.9. The molecule has 104 valence electrons. The van der Waals surface area contributed by atoms with Gasteiger partial charge in [-0.1, -0.05) is 0 Å². The fourth-order valence-corrected chi connectivity index (χ4v) is 2.88. The standard InChI is InChI=1S/C11H18F3N3O/c12-11(13,14)9(3-4-15)16-5-6-17-8(7-16)1-2-10(17)18/h8-9H,1-7,15H2. The van der Waals surface area contributed by atoms with Gasteiger partial charge in [0.15, 0.2) is 0 Å². The molecule has 4 nitrogen and oxygen atoms in total. The van der Waals surface area contributed by atoms with E-state index in [0.29, 0.717) is 25.9 Å². The molecule has 0 spiro atoms. The van der Waals surface area contributed by atoms with Crippen molar-refractivity contribution in [1.82, 2.24) is 9.80 Å². The summed E-state index contributed by atoms with van der Waals surface area (Å²) in [5, 5.41) is 0. The highest BCUT2D eigenvalue weighted by Gasteiger charge is 2.46. The zero-order valence-corrected chi connectivity index (χ0v) is 10.1. The van der Waals surface area contributed by atoms with Gasteiger partial charge in [-0.15, -0.1) is 0 Å². The Morgan fingerprint density at radius 1 is 1.39 bits per heavy atom. The first-order valence-electron chi connectivity index (χ1n) is 6.23. The number of hydrogen-bond donors (Lipinski definition) is 1. The molecule has 0 aromatic carbocycles. The number of piperazine rings is 1. The van der Waals surface area contributed by atoms with E-state index in [9.17, 15) is 18.0 Å². The second-order valence-corrected chi connectivity index (χ2v) is 4.91. The van der Waals surface area contributed by atoms with Crippen LogP contribution in [0.15, 0.2) is 0 Å². The van der Waals surface area contributed by atoms with Gasteiger partial charge in [-0.25, -0.2) is 0 Å². The third-order valence-electron chi connectivity index (χ3n) is 3.78. The highest BCUT2D eigenvalue weighted by atomic mass is 19.4. The van der Waals surface area contributed by atoms with Crippen LogP contribution in [0.3, 0.4) is 0 Å². The first-order chi connectivity index (χ1) is 8.43. The lowest BCUT2D eigenvalue weighted by Crippen LogP contribution is -2.58. The van der Waals surface area contributed by atoms with E-state index >= 15 is 0 Å². The van der Waals surface area contributed by atoms with Crippen LogP contribution < -0.4 is 5.73 Å². The fraction of sp³-hybridized carbons (Fsp3) is 0.909. The highest BCUT2D eigenvalue weighted by Crippen LogP contribution is 2.31.